The molecule has 5 rings (SSSR count). The zero-order valence-electron chi connectivity index (χ0n) is 18.7. The van der Waals surface area contributed by atoms with Crippen LogP contribution in [0.3, 0.4) is 0 Å². The van der Waals surface area contributed by atoms with Gasteiger partial charge in [0.2, 0.25) is 5.95 Å². The minimum Gasteiger partial charge on any atom is -0.461 e. The monoisotopic (exact) mass is 465 g/mol. The van der Waals surface area contributed by atoms with Crippen LogP contribution in [0.15, 0.2) is 35.2 Å². The van der Waals surface area contributed by atoms with E-state index in [4.69, 9.17) is 29.3 Å². The molecule has 0 radical (unpaired) electrons. The Hall–Kier alpha value is -4.10. The molecule has 4 aromatic heterocycles. The molecule has 0 unspecified atom stereocenters. The number of anilines is 2. The molecule has 1 saturated heterocycles. The molecule has 0 aliphatic carbocycles. The van der Waals surface area contributed by atoms with Crippen molar-refractivity contribution >= 4 is 28.8 Å². The van der Waals surface area contributed by atoms with Crippen molar-refractivity contribution in [3.05, 3.63) is 42.2 Å². The molecule has 13 nitrogen and oxygen atoms in total. The number of ether oxygens (including phenoxy) is 1. The van der Waals surface area contributed by atoms with Crippen molar-refractivity contribution in [3.8, 4) is 11.6 Å². The van der Waals surface area contributed by atoms with Crippen molar-refractivity contribution in [1.82, 2.24) is 35.0 Å². The van der Waals surface area contributed by atoms with E-state index in [1.54, 1.807) is 22.7 Å². The van der Waals surface area contributed by atoms with Crippen molar-refractivity contribution < 1.29 is 19.2 Å². The van der Waals surface area contributed by atoms with E-state index in [0.717, 1.165) is 11.6 Å². The minimum absolute atomic E-state index is 0.151. The van der Waals surface area contributed by atoms with E-state index in [1.807, 2.05) is 24.7 Å². The second kappa shape index (κ2) is 9.03. The summed E-state index contributed by atoms with van der Waals surface area (Å²) in [7, 11) is 3.72. The molecule has 176 valence electrons. The van der Waals surface area contributed by atoms with Crippen LogP contribution in [0.5, 0.6) is 0 Å². The molecule has 1 fully saturated rings. The number of furan rings is 1. The summed E-state index contributed by atoms with van der Waals surface area (Å²) in [6, 6.07) is 3.63. The molecule has 0 atom stereocenters. The van der Waals surface area contributed by atoms with Crippen LogP contribution in [0, 0.1) is 0 Å². The van der Waals surface area contributed by atoms with Gasteiger partial charge in [-0.3, -0.25) is 10.0 Å². The highest BCUT2D eigenvalue weighted by molar-refractivity contribution is 5.92. The number of carbonyl (C=O) groups excluding carboxylic acids is 1. The molecule has 5 heterocycles. The number of carbonyl (C=O) groups is 1. The molecule has 2 N–H and O–H groups in total. The first-order valence-electron chi connectivity index (χ1n) is 10.6. The summed E-state index contributed by atoms with van der Waals surface area (Å²) in [5.41, 5.74) is 3.09. The number of nitrogens with zero attached hydrogens (tertiary/aromatic N) is 8. The highest BCUT2D eigenvalue weighted by Crippen LogP contribution is 2.29. The zero-order chi connectivity index (χ0) is 23.7. The van der Waals surface area contributed by atoms with Gasteiger partial charge in [-0.25, -0.2) is 30.4 Å². The first-order valence-corrected chi connectivity index (χ1v) is 10.6. The quantitative estimate of drug-likeness (QED) is 0.310. The molecule has 13 heteroatoms. The summed E-state index contributed by atoms with van der Waals surface area (Å²) in [5.74, 6) is 2.27. The van der Waals surface area contributed by atoms with Crippen molar-refractivity contribution in [2.75, 3.05) is 43.2 Å². The van der Waals surface area contributed by atoms with Crippen LogP contribution in [-0.2, 0) is 18.3 Å². The summed E-state index contributed by atoms with van der Waals surface area (Å²) < 4.78 is 13.0. The third-order valence-corrected chi connectivity index (χ3v) is 5.57. The summed E-state index contributed by atoms with van der Waals surface area (Å²) in [6.07, 6.45) is 4.28. The topological polar surface area (TPSA) is 148 Å². The van der Waals surface area contributed by atoms with Gasteiger partial charge in [0.1, 0.15) is 5.82 Å². The summed E-state index contributed by atoms with van der Waals surface area (Å²) in [4.78, 5) is 38.3. The van der Waals surface area contributed by atoms with Crippen molar-refractivity contribution in [2.24, 2.45) is 7.05 Å². The summed E-state index contributed by atoms with van der Waals surface area (Å²) in [6.45, 7) is 3.03. The fourth-order valence-corrected chi connectivity index (χ4v) is 3.73. The fourth-order valence-electron chi connectivity index (χ4n) is 3.73. The van der Waals surface area contributed by atoms with Gasteiger partial charge in [0.05, 0.1) is 31.6 Å². The minimum atomic E-state index is -0.675. The predicted molar refractivity (Wildman–Crippen MR) is 120 cm³/mol. The third-order valence-electron chi connectivity index (χ3n) is 5.57. The number of hydroxylamine groups is 1. The number of morpholine rings is 1. The number of hydrogen-bond donors (Lipinski definition) is 2. The maximum atomic E-state index is 11.5. The molecule has 4 aromatic rings. The Labute approximate surface area is 194 Å². The average Bonchev–Trinajstić information content (AvgIpc) is 3.52. The van der Waals surface area contributed by atoms with Crippen molar-refractivity contribution in [3.63, 3.8) is 0 Å². The largest absolute Gasteiger partial charge is 0.461 e. The van der Waals surface area contributed by atoms with E-state index in [1.165, 1.54) is 12.4 Å². The third kappa shape index (κ3) is 4.02. The molecule has 1 aliphatic heterocycles. The lowest BCUT2D eigenvalue weighted by molar-refractivity contribution is 0.0705. The number of aromatic nitrogens is 6. The molecular weight excluding hydrogens is 442 g/mol. The van der Waals surface area contributed by atoms with Gasteiger partial charge in [0, 0.05) is 39.6 Å². The van der Waals surface area contributed by atoms with E-state index in [-0.39, 0.29) is 5.56 Å². The number of imidazole rings is 1. The predicted octanol–water partition coefficient (Wildman–Crippen LogP) is 1.01. The number of hydrogen-bond acceptors (Lipinski definition) is 11. The van der Waals surface area contributed by atoms with Crippen molar-refractivity contribution in [2.45, 2.75) is 6.54 Å². The zero-order valence-corrected chi connectivity index (χ0v) is 18.7. The van der Waals surface area contributed by atoms with Crippen LogP contribution in [0.1, 0.15) is 16.2 Å². The van der Waals surface area contributed by atoms with E-state index in [9.17, 15) is 4.79 Å². The fraction of sp³-hybridized carbons (Fsp3) is 0.333. The Kier molecular flexibility index (Phi) is 5.77. The maximum absolute atomic E-state index is 11.5. The SMILES string of the molecule is CN(Cc1nc2c(N3CCOCC3)nc(-c3ccco3)nc2n1C)c1ncc(C(=O)NO)cn1. The van der Waals surface area contributed by atoms with Crippen LogP contribution in [0.4, 0.5) is 11.8 Å². The van der Waals surface area contributed by atoms with Crippen molar-refractivity contribution in [1.29, 1.82) is 0 Å². The number of fused-ring (bicyclic) bond motifs is 1. The van der Waals surface area contributed by atoms with Gasteiger partial charge in [0.15, 0.2) is 28.6 Å². The average molecular weight is 465 g/mol. The smallest absolute Gasteiger partial charge is 0.277 e. The van der Waals surface area contributed by atoms with Gasteiger partial charge in [0.25, 0.3) is 5.91 Å². The van der Waals surface area contributed by atoms with E-state index < -0.39 is 5.91 Å². The Morgan fingerprint density at radius 1 is 1.21 bits per heavy atom. The lowest BCUT2D eigenvalue weighted by Gasteiger charge is -2.28. The van der Waals surface area contributed by atoms with E-state index in [2.05, 4.69) is 14.9 Å². The van der Waals surface area contributed by atoms with Crippen LogP contribution in [0.2, 0.25) is 0 Å². The van der Waals surface area contributed by atoms with Crippen LogP contribution >= 0.6 is 0 Å². The normalized spacial score (nSPS) is 13.9. The number of nitrogens with one attached hydrogen (secondary N) is 1. The summed E-state index contributed by atoms with van der Waals surface area (Å²) >= 11 is 0. The van der Waals surface area contributed by atoms with E-state index >= 15 is 0 Å². The Bertz CT molecular complexity index is 1300. The Morgan fingerprint density at radius 2 is 1.97 bits per heavy atom. The molecule has 0 spiro atoms. The van der Waals surface area contributed by atoms with Crippen LogP contribution in [-0.4, -0.2) is 74.0 Å². The number of rotatable bonds is 6. The molecule has 34 heavy (non-hydrogen) atoms. The number of amides is 1. The molecular formula is C21H23N9O4. The molecule has 0 aromatic carbocycles. The Balaban J connectivity index is 1.50. The Morgan fingerprint density at radius 3 is 2.65 bits per heavy atom. The van der Waals surface area contributed by atoms with Gasteiger partial charge in [-0.15, -0.1) is 0 Å². The number of aryl methyl sites for hydroxylation is 1. The summed E-state index contributed by atoms with van der Waals surface area (Å²) in [5, 5.41) is 8.75. The van der Waals surface area contributed by atoms with Gasteiger partial charge in [-0.05, 0) is 12.1 Å². The van der Waals surface area contributed by atoms with Gasteiger partial charge in [-0.2, -0.15) is 0 Å². The van der Waals surface area contributed by atoms with E-state index in [0.29, 0.717) is 61.5 Å². The molecule has 1 aliphatic rings. The highest BCUT2D eigenvalue weighted by atomic mass is 16.5. The maximum Gasteiger partial charge on any atom is 0.277 e. The van der Waals surface area contributed by atoms with Gasteiger partial charge < -0.3 is 23.5 Å². The molecule has 1 amide bonds. The second-order valence-corrected chi connectivity index (χ2v) is 7.78. The first kappa shape index (κ1) is 21.7. The molecule has 0 saturated carbocycles. The lowest BCUT2D eigenvalue weighted by Crippen LogP contribution is -2.37. The van der Waals surface area contributed by atoms with Crippen LogP contribution < -0.4 is 15.3 Å². The second-order valence-electron chi connectivity index (χ2n) is 7.78. The van der Waals surface area contributed by atoms with Gasteiger partial charge in [-0.1, -0.05) is 0 Å². The van der Waals surface area contributed by atoms with Crippen LogP contribution in [0.25, 0.3) is 22.7 Å². The lowest BCUT2D eigenvalue weighted by atomic mass is 10.3. The highest BCUT2D eigenvalue weighted by Gasteiger charge is 2.23. The standard InChI is InChI=1S/C21H23N9O4/c1-28(21-22-10-13(11-23-21)20(31)27-32)12-15-24-16-18(29(15)2)25-17(14-4-3-7-34-14)26-19(16)30-5-8-33-9-6-30/h3-4,7,10-11,32H,5-6,8-9,12H2,1-2H3,(H,27,31). The first-order chi connectivity index (χ1) is 16.5. The molecule has 0 bridgehead atoms. The van der Waals surface area contributed by atoms with Gasteiger partial charge >= 0.3 is 0 Å².